The summed E-state index contributed by atoms with van der Waals surface area (Å²) in [4.78, 5) is 12.4. The van der Waals surface area contributed by atoms with Crippen molar-refractivity contribution in [1.82, 2.24) is 0 Å². The number of Topliss-reactive ketones (excluding diaryl/α,β-unsaturated/α-hetero) is 1. The molecule has 4 aliphatic carbocycles. The first-order chi connectivity index (χ1) is 13.6. The number of aliphatic hydroxyl groups excluding tert-OH is 1. The molecule has 3 saturated carbocycles. The Kier molecular flexibility index (Phi) is 6.12. The maximum atomic E-state index is 12.4. The van der Waals surface area contributed by atoms with E-state index < -0.39 is 0 Å². The van der Waals surface area contributed by atoms with E-state index in [0.29, 0.717) is 22.5 Å². The predicted molar refractivity (Wildman–Crippen MR) is 121 cm³/mol. The second-order valence-corrected chi connectivity index (χ2v) is 15.0. The van der Waals surface area contributed by atoms with Crippen LogP contribution in [0.4, 0.5) is 0 Å². The van der Waals surface area contributed by atoms with Gasteiger partial charge in [0.1, 0.15) is 0 Å². The fraction of sp³-hybridized carbons (Fsp3) is 0.885. The first kappa shape index (κ1) is 22.4. The predicted octanol–water partition coefficient (Wildman–Crippen LogP) is 6.08. The van der Waals surface area contributed by atoms with Gasteiger partial charge in [-0.1, -0.05) is 0 Å². The number of fused-ring (bicyclic) bond motifs is 5. The third kappa shape index (κ3) is 3.91. The van der Waals surface area contributed by atoms with Gasteiger partial charge in [-0.15, -0.1) is 0 Å². The molecule has 0 spiro atoms. The maximum absolute atomic E-state index is 12.4. The van der Waals surface area contributed by atoms with Crippen LogP contribution in [0.5, 0.6) is 0 Å². The van der Waals surface area contributed by atoms with Crippen molar-refractivity contribution in [2.24, 2.45) is 39.9 Å². The first-order valence-electron chi connectivity index (χ1n) is 12.0. The van der Waals surface area contributed by atoms with Crippen LogP contribution >= 0.6 is 0 Å². The van der Waals surface area contributed by atoms with Crippen molar-refractivity contribution in [2.75, 3.05) is 0 Å². The molecule has 0 aromatic rings. The third-order valence-corrected chi connectivity index (χ3v) is 14.3. The van der Waals surface area contributed by atoms with Gasteiger partial charge in [-0.05, 0) is 0 Å². The number of hydrogen-bond acceptors (Lipinski definition) is 2. The molecule has 0 aromatic carbocycles. The van der Waals surface area contributed by atoms with E-state index in [9.17, 15) is 9.90 Å². The van der Waals surface area contributed by atoms with E-state index in [1.54, 1.807) is 5.57 Å². The quantitative estimate of drug-likeness (QED) is 0.365. The zero-order valence-electron chi connectivity index (χ0n) is 19.3. The molecule has 3 unspecified atom stereocenters. The Bertz CT molecular complexity index is 677. The Hall–Kier alpha value is 0.160. The molecule has 3 fully saturated rings. The number of ketones is 1. The molecule has 1 N–H and O–H groups in total. The van der Waals surface area contributed by atoms with Crippen molar-refractivity contribution in [3.05, 3.63) is 11.6 Å². The van der Waals surface area contributed by atoms with Gasteiger partial charge in [0.25, 0.3) is 0 Å². The summed E-state index contributed by atoms with van der Waals surface area (Å²) in [6.45, 7) is 11.5. The molecular formula is C26H42O2Te. The number of aliphatic hydroxyl groups is 1. The van der Waals surface area contributed by atoms with Crippen molar-refractivity contribution in [3.8, 4) is 0 Å². The summed E-state index contributed by atoms with van der Waals surface area (Å²) in [7, 11) is 0. The number of rotatable bonds is 4. The van der Waals surface area contributed by atoms with Crippen LogP contribution in [0.1, 0.15) is 86.0 Å². The van der Waals surface area contributed by atoms with Crippen LogP contribution in [0.2, 0.25) is 8.94 Å². The van der Waals surface area contributed by atoms with Gasteiger partial charge in [0.15, 0.2) is 0 Å². The summed E-state index contributed by atoms with van der Waals surface area (Å²) in [6, 6.07) is 0. The van der Waals surface area contributed by atoms with Crippen molar-refractivity contribution in [2.45, 2.75) is 101 Å². The molecule has 7 atom stereocenters. The average molecular weight is 514 g/mol. The molecule has 0 heterocycles. The van der Waals surface area contributed by atoms with Gasteiger partial charge >= 0.3 is 189 Å². The van der Waals surface area contributed by atoms with Crippen LogP contribution in [-0.4, -0.2) is 37.9 Å². The van der Waals surface area contributed by atoms with Crippen LogP contribution in [0.3, 0.4) is 0 Å². The van der Waals surface area contributed by atoms with E-state index in [4.69, 9.17) is 0 Å². The minimum atomic E-state index is -0.114. The topological polar surface area (TPSA) is 37.3 Å². The second kappa shape index (κ2) is 7.94. The molecule has 4 rings (SSSR count). The van der Waals surface area contributed by atoms with Gasteiger partial charge < -0.3 is 0 Å². The molecule has 2 nitrogen and oxygen atoms in total. The van der Waals surface area contributed by atoms with Crippen LogP contribution in [-0.2, 0) is 4.79 Å². The number of carbonyl (C=O) groups is 1. The van der Waals surface area contributed by atoms with Crippen molar-refractivity contribution < 1.29 is 9.90 Å². The zero-order valence-corrected chi connectivity index (χ0v) is 21.6. The van der Waals surface area contributed by atoms with E-state index in [0.717, 1.165) is 37.0 Å². The van der Waals surface area contributed by atoms with Crippen LogP contribution in [0, 0.1) is 39.9 Å². The molecule has 4 aliphatic rings. The van der Waals surface area contributed by atoms with Crippen molar-refractivity contribution in [1.29, 1.82) is 0 Å². The van der Waals surface area contributed by atoms with Crippen LogP contribution in [0.25, 0.3) is 0 Å². The summed E-state index contributed by atoms with van der Waals surface area (Å²) in [5.74, 6) is 3.06. The van der Waals surface area contributed by atoms with E-state index >= 15 is 0 Å². The summed E-state index contributed by atoms with van der Waals surface area (Å²) in [5, 5.41) is 10.4. The Balaban J connectivity index is 1.62. The molecule has 164 valence electrons. The minimum absolute atomic E-state index is 0.0216. The second-order valence-electron chi connectivity index (χ2n) is 12.2. The Morgan fingerprint density at radius 1 is 1.17 bits per heavy atom. The van der Waals surface area contributed by atoms with Gasteiger partial charge in [0.2, 0.25) is 0 Å². The number of allylic oxidation sites excluding steroid dienone is 1. The van der Waals surface area contributed by atoms with Gasteiger partial charge in [0.05, 0.1) is 0 Å². The normalized spacial score (nSPS) is 44.5. The molecule has 0 radical (unpaired) electrons. The Labute approximate surface area is 188 Å². The van der Waals surface area contributed by atoms with Gasteiger partial charge in [0, 0.05) is 0 Å². The molecule has 0 bridgehead atoms. The van der Waals surface area contributed by atoms with E-state index in [2.05, 4.69) is 33.8 Å². The number of hydrogen-bond donors (Lipinski definition) is 1. The summed E-state index contributed by atoms with van der Waals surface area (Å²) < 4.78 is 2.86. The van der Waals surface area contributed by atoms with Gasteiger partial charge in [-0.3, -0.25) is 0 Å². The van der Waals surface area contributed by atoms with Crippen LogP contribution in [0.15, 0.2) is 11.6 Å². The number of carbonyl (C=O) groups excluding carboxylic acids is 1. The average Bonchev–Trinajstić information content (AvgIpc) is 2.98. The molecule has 29 heavy (non-hydrogen) atoms. The third-order valence-electron chi connectivity index (χ3n) is 9.19. The van der Waals surface area contributed by atoms with Crippen molar-refractivity contribution >= 4 is 26.7 Å². The molecule has 0 aromatic heterocycles. The molecule has 0 amide bonds. The summed E-state index contributed by atoms with van der Waals surface area (Å²) in [5.41, 5.74) is 2.73. The first-order valence-corrected chi connectivity index (χ1v) is 15.3. The fourth-order valence-electron chi connectivity index (χ4n) is 7.91. The zero-order chi connectivity index (χ0) is 21.0. The fourth-order valence-corrected chi connectivity index (χ4v) is 12.5. The molecular weight excluding hydrogens is 472 g/mol. The monoisotopic (exact) mass is 516 g/mol. The van der Waals surface area contributed by atoms with E-state index in [1.807, 2.05) is 6.92 Å². The van der Waals surface area contributed by atoms with Gasteiger partial charge in [-0.2, -0.15) is 0 Å². The van der Waals surface area contributed by atoms with E-state index in [1.165, 1.54) is 41.0 Å². The van der Waals surface area contributed by atoms with Crippen molar-refractivity contribution in [3.63, 3.8) is 0 Å². The molecule has 3 heteroatoms. The summed E-state index contributed by atoms with van der Waals surface area (Å²) in [6.07, 6.45) is 11.8. The standard InChI is InChI=1S/C26H42O2Te/c1-17(27)21-8-9-22-20-7-6-18-14-19(28)10-13-26(18,16-29-15-24(2,3)4)23(20)11-12-25(21,22)5/h6,19-23,28H,7-16H2,1-5H3/t19-,20?,21+,22?,23?,25+,26-/m0/s1. The SMILES string of the molecule is CC(=O)[C@H]1CCC2C3CC=C4C[C@@H](O)CC[C@@]4(C[Te]CC(C)(C)C)C3CC[C@@]21C. The van der Waals surface area contributed by atoms with Gasteiger partial charge in [-0.25, -0.2) is 0 Å². The van der Waals surface area contributed by atoms with Crippen LogP contribution < -0.4 is 0 Å². The summed E-state index contributed by atoms with van der Waals surface area (Å²) >= 11 is -0.0216. The molecule has 0 saturated heterocycles. The Morgan fingerprint density at radius 2 is 1.93 bits per heavy atom. The van der Waals surface area contributed by atoms with E-state index in [-0.39, 0.29) is 32.4 Å². The molecule has 0 aliphatic heterocycles. The Morgan fingerprint density at radius 3 is 2.62 bits per heavy atom.